The molecule has 0 spiro atoms. The number of para-hydroxylation sites is 1. The molecule has 2 atom stereocenters. The second-order valence-electron chi connectivity index (χ2n) is 7.84. The fraction of sp³-hybridized carbons (Fsp3) is 0.417. The molecule has 0 aliphatic carbocycles. The van der Waals surface area contributed by atoms with Gasteiger partial charge in [-0.2, -0.15) is 5.26 Å². The number of nitriles is 1. The lowest BCUT2D eigenvalue weighted by atomic mass is 9.99. The summed E-state index contributed by atoms with van der Waals surface area (Å²) in [5.74, 6) is 0.973. The van der Waals surface area contributed by atoms with Crippen LogP contribution in [-0.4, -0.2) is 30.0 Å². The van der Waals surface area contributed by atoms with Crippen LogP contribution in [0.2, 0.25) is 0 Å². The van der Waals surface area contributed by atoms with E-state index in [-0.39, 0.29) is 5.91 Å². The molecule has 1 saturated heterocycles. The van der Waals surface area contributed by atoms with Crippen molar-refractivity contribution in [3.8, 4) is 11.8 Å². The molecule has 1 fully saturated rings. The Morgan fingerprint density at radius 1 is 1.24 bits per heavy atom. The minimum absolute atomic E-state index is 0.195. The highest BCUT2D eigenvalue weighted by Crippen LogP contribution is 2.20. The molecule has 3 rings (SSSR count). The Morgan fingerprint density at radius 2 is 1.97 bits per heavy atom. The van der Waals surface area contributed by atoms with E-state index in [0.717, 1.165) is 31.1 Å². The number of piperidine rings is 1. The highest BCUT2D eigenvalue weighted by atomic mass is 16.5. The maximum absolute atomic E-state index is 12.5. The molecule has 152 valence electrons. The lowest BCUT2D eigenvalue weighted by molar-refractivity contribution is -0.127. The molecule has 5 heteroatoms. The zero-order valence-corrected chi connectivity index (χ0v) is 17.2. The van der Waals surface area contributed by atoms with E-state index in [2.05, 4.69) is 41.4 Å². The van der Waals surface area contributed by atoms with Crippen molar-refractivity contribution < 1.29 is 9.53 Å². The van der Waals surface area contributed by atoms with Gasteiger partial charge in [-0.05, 0) is 55.5 Å². The quantitative estimate of drug-likeness (QED) is 0.778. The van der Waals surface area contributed by atoms with E-state index in [1.807, 2.05) is 6.07 Å². The third kappa shape index (κ3) is 5.82. The summed E-state index contributed by atoms with van der Waals surface area (Å²) in [6.07, 6.45) is 1.87. The Balaban J connectivity index is 1.58. The molecule has 5 nitrogen and oxygen atoms in total. The maximum atomic E-state index is 12.5. The summed E-state index contributed by atoms with van der Waals surface area (Å²) in [5.41, 5.74) is 2.81. The van der Waals surface area contributed by atoms with Crippen molar-refractivity contribution in [3.63, 3.8) is 0 Å². The molecule has 0 unspecified atom stereocenters. The molecule has 2 aromatic carbocycles. The first-order valence-corrected chi connectivity index (χ1v) is 10.3. The third-order valence-electron chi connectivity index (χ3n) is 5.39. The molecule has 2 aromatic rings. The first-order valence-electron chi connectivity index (χ1n) is 10.3. The number of amides is 1. The second kappa shape index (κ2) is 10.1. The van der Waals surface area contributed by atoms with Gasteiger partial charge >= 0.3 is 0 Å². The predicted octanol–water partition coefficient (Wildman–Crippen LogP) is 3.87. The molecule has 0 saturated carbocycles. The summed E-state index contributed by atoms with van der Waals surface area (Å²) in [6, 6.07) is 17.3. The van der Waals surface area contributed by atoms with Gasteiger partial charge in [0.2, 0.25) is 0 Å². The molecule has 0 aromatic heterocycles. The topological polar surface area (TPSA) is 65.4 Å². The smallest absolute Gasteiger partial charge is 0.261 e. The van der Waals surface area contributed by atoms with Gasteiger partial charge in [0, 0.05) is 19.6 Å². The van der Waals surface area contributed by atoms with Crippen molar-refractivity contribution >= 4 is 5.91 Å². The van der Waals surface area contributed by atoms with Gasteiger partial charge in [-0.3, -0.25) is 9.69 Å². The number of ether oxygens (including phenoxy) is 1. The van der Waals surface area contributed by atoms with Crippen LogP contribution in [0.25, 0.3) is 0 Å². The van der Waals surface area contributed by atoms with Gasteiger partial charge in [-0.25, -0.2) is 0 Å². The molecule has 0 radical (unpaired) electrons. The molecular formula is C24H29N3O2. The molecule has 1 amide bonds. The number of hydrogen-bond donors (Lipinski definition) is 1. The van der Waals surface area contributed by atoms with Gasteiger partial charge in [-0.15, -0.1) is 0 Å². The van der Waals surface area contributed by atoms with E-state index in [1.165, 1.54) is 18.4 Å². The summed E-state index contributed by atoms with van der Waals surface area (Å²) in [6.45, 7) is 7.65. The molecular weight excluding hydrogens is 362 g/mol. The van der Waals surface area contributed by atoms with Gasteiger partial charge < -0.3 is 10.1 Å². The lowest BCUT2D eigenvalue weighted by Crippen LogP contribution is -2.37. The summed E-state index contributed by atoms with van der Waals surface area (Å²) in [4.78, 5) is 15.0. The normalized spacial score (nSPS) is 17.9. The standard InChI is InChI=1S/C24H29N3O2/c1-18-8-7-13-27(16-18)17-22-11-4-3-10-21(22)15-26-24(28)19(2)29-23-12-6-5-9-20(23)14-25/h3-6,9-12,18-19H,7-8,13,15-17H2,1-2H3,(H,26,28)/t18-,19-/m1/s1. The van der Waals surface area contributed by atoms with Crippen LogP contribution in [0.5, 0.6) is 5.75 Å². The number of carbonyl (C=O) groups is 1. The SMILES string of the molecule is C[C@@H]1CCCN(Cc2ccccc2CNC(=O)[C@@H](C)Oc2ccccc2C#N)C1. The van der Waals surface area contributed by atoms with Gasteiger partial charge in [0.25, 0.3) is 5.91 Å². The van der Waals surface area contributed by atoms with E-state index < -0.39 is 6.10 Å². The van der Waals surface area contributed by atoms with Crippen molar-refractivity contribution in [3.05, 3.63) is 65.2 Å². The molecule has 1 aliphatic rings. The van der Waals surface area contributed by atoms with Crippen LogP contribution in [-0.2, 0) is 17.9 Å². The third-order valence-corrected chi connectivity index (χ3v) is 5.39. The Hall–Kier alpha value is -2.84. The van der Waals surface area contributed by atoms with Crippen molar-refractivity contribution in [2.24, 2.45) is 5.92 Å². The summed E-state index contributed by atoms with van der Waals surface area (Å²) < 4.78 is 5.71. The largest absolute Gasteiger partial charge is 0.480 e. The molecule has 0 bridgehead atoms. The number of hydrogen-bond acceptors (Lipinski definition) is 4. The van der Waals surface area contributed by atoms with Crippen LogP contribution >= 0.6 is 0 Å². The van der Waals surface area contributed by atoms with Crippen molar-refractivity contribution in [2.75, 3.05) is 13.1 Å². The zero-order chi connectivity index (χ0) is 20.6. The fourth-order valence-corrected chi connectivity index (χ4v) is 3.79. The monoisotopic (exact) mass is 391 g/mol. The van der Waals surface area contributed by atoms with E-state index in [4.69, 9.17) is 10.00 Å². The fourth-order valence-electron chi connectivity index (χ4n) is 3.79. The number of nitrogens with zero attached hydrogens (tertiary/aromatic N) is 2. The lowest BCUT2D eigenvalue weighted by Gasteiger charge is -2.31. The minimum Gasteiger partial charge on any atom is -0.480 e. The first-order chi connectivity index (χ1) is 14.1. The van der Waals surface area contributed by atoms with Crippen LogP contribution in [0, 0.1) is 17.2 Å². The molecule has 1 heterocycles. The van der Waals surface area contributed by atoms with Crippen LogP contribution in [0.4, 0.5) is 0 Å². The van der Waals surface area contributed by atoms with E-state index >= 15 is 0 Å². The Bertz CT molecular complexity index is 874. The van der Waals surface area contributed by atoms with Crippen LogP contribution in [0.1, 0.15) is 43.4 Å². The van der Waals surface area contributed by atoms with E-state index in [9.17, 15) is 4.79 Å². The van der Waals surface area contributed by atoms with Crippen molar-refractivity contribution in [1.29, 1.82) is 5.26 Å². The molecule has 1 N–H and O–H groups in total. The molecule has 29 heavy (non-hydrogen) atoms. The highest BCUT2D eigenvalue weighted by Gasteiger charge is 2.19. The number of nitrogens with one attached hydrogen (secondary N) is 1. The van der Waals surface area contributed by atoms with Crippen molar-refractivity contribution in [2.45, 2.75) is 45.9 Å². The Kier molecular flexibility index (Phi) is 7.26. The van der Waals surface area contributed by atoms with Gasteiger partial charge in [-0.1, -0.05) is 43.3 Å². The van der Waals surface area contributed by atoms with Gasteiger partial charge in [0.1, 0.15) is 11.8 Å². The van der Waals surface area contributed by atoms with E-state index in [1.54, 1.807) is 31.2 Å². The van der Waals surface area contributed by atoms with Crippen LogP contribution in [0.15, 0.2) is 48.5 Å². The van der Waals surface area contributed by atoms with Crippen LogP contribution < -0.4 is 10.1 Å². The second-order valence-corrected chi connectivity index (χ2v) is 7.84. The summed E-state index contributed by atoms with van der Waals surface area (Å²) in [5, 5.41) is 12.1. The van der Waals surface area contributed by atoms with Gasteiger partial charge in [0.15, 0.2) is 6.10 Å². The highest BCUT2D eigenvalue weighted by molar-refractivity contribution is 5.80. The van der Waals surface area contributed by atoms with Crippen molar-refractivity contribution in [1.82, 2.24) is 10.2 Å². The van der Waals surface area contributed by atoms with Crippen LogP contribution in [0.3, 0.4) is 0 Å². The van der Waals surface area contributed by atoms with Gasteiger partial charge in [0.05, 0.1) is 5.56 Å². The van der Waals surface area contributed by atoms with E-state index in [0.29, 0.717) is 17.9 Å². The zero-order valence-electron chi connectivity index (χ0n) is 17.2. The number of rotatable bonds is 7. The Morgan fingerprint density at radius 3 is 2.72 bits per heavy atom. The molecule has 1 aliphatic heterocycles. The first kappa shape index (κ1) is 20.9. The maximum Gasteiger partial charge on any atom is 0.261 e. The summed E-state index contributed by atoms with van der Waals surface area (Å²) >= 11 is 0. The predicted molar refractivity (Wildman–Crippen MR) is 113 cm³/mol. The average molecular weight is 392 g/mol. The summed E-state index contributed by atoms with van der Waals surface area (Å²) in [7, 11) is 0. The number of likely N-dealkylation sites (tertiary alicyclic amines) is 1. The number of benzene rings is 2. The average Bonchev–Trinajstić information content (AvgIpc) is 2.73. The minimum atomic E-state index is -0.681. The Labute approximate surface area is 173 Å². The number of carbonyl (C=O) groups excluding carboxylic acids is 1.